The molecule has 0 unspecified atom stereocenters. The van der Waals surface area contributed by atoms with Crippen LogP contribution in [0.4, 0.5) is 0 Å². The number of carboxylic acid groups (broad SMARTS) is 1. The van der Waals surface area contributed by atoms with E-state index < -0.39 is 5.97 Å². The minimum atomic E-state index is -0.916. The number of hydrogen-bond acceptors (Lipinski definition) is 3. The maximum absolute atomic E-state index is 10.9. The van der Waals surface area contributed by atoms with Gasteiger partial charge in [0.1, 0.15) is 5.56 Å². The molecule has 1 aliphatic rings. The fourth-order valence-electron chi connectivity index (χ4n) is 1.51. The van der Waals surface area contributed by atoms with E-state index in [4.69, 9.17) is 5.11 Å². The van der Waals surface area contributed by atoms with Crippen LogP contribution in [0.3, 0.4) is 0 Å². The topological polar surface area (TPSA) is 67.2 Å². The highest BCUT2D eigenvalue weighted by Crippen LogP contribution is 2.34. The molecule has 0 amide bonds. The van der Waals surface area contributed by atoms with Crippen molar-refractivity contribution in [3.8, 4) is 0 Å². The van der Waals surface area contributed by atoms with Crippen LogP contribution in [-0.4, -0.2) is 26.4 Å². The van der Waals surface area contributed by atoms with E-state index in [-0.39, 0.29) is 11.1 Å². The molecule has 1 aliphatic carbocycles. The quantitative estimate of drug-likeness (QED) is 0.768. The fraction of sp³-hybridized carbons (Fsp3) is 0.600. The van der Waals surface area contributed by atoms with Crippen LogP contribution in [0, 0.1) is 0 Å². The summed E-state index contributed by atoms with van der Waals surface area (Å²) in [5.74, 6) is -0.916. The Labute approximate surface area is 88.1 Å². The molecule has 5 heteroatoms. The molecule has 0 aromatic carbocycles. The Hall–Kier alpha value is -1.36. The summed E-state index contributed by atoms with van der Waals surface area (Å²) in [5, 5.41) is 16.2. The van der Waals surface area contributed by atoms with Gasteiger partial charge in [0.15, 0.2) is 0 Å². The summed E-state index contributed by atoms with van der Waals surface area (Å²) >= 11 is 0. The number of nitrogens with one attached hydrogen (secondary N) is 1. The predicted molar refractivity (Wildman–Crippen MR) is 54.6 cm³/mol. The van der Waals surface area contributed by atoms with Crippen LogP contribution in [0.2, 0.25) is 0 Å². The number of aromatic carboxylic acids is 1. The molecule has 2 N–H and O–H groups in total. The Morgan fingerprint density at radius 3 is 2.93 bits per heavy atom. The molecule has 0 radical (unpaired) electrons. The van der Waals surface area contributed by atoms with Crippen molar-refractivity contribution in [3.05, 3.63) is 17.5 Å². The summed E-state index contributed by atoms with van der Waals surface area (Å²) < 4.78 is 1.61. The number of aryl methyl sites for hydroxylation is 1. The van der Waals surface area contributed by atoms with Gasteiger partial charge in [-0.25, -0.2) is 4.79 Å². The molecule has 2 rings (SSSR count). The summed E-state index contributed by atoms with van der Waals surface area (Å²) in [6.45, 7) is 2.71. The summed E-state index contributed by atoms with van der Waals surface area (Å²) in [7, 11) is 1.76. The van der Waals surface area contributed by atoms with Crippen LogP contribution in [0.15, 0.2) is 6.20 Å². The van der Waals surface area contributed by atoms with Crippen molar-refractivity contribution in [2.45, 2.75) is 31.8 Å². The number of hydrogen-bond donors (Lipinski definition) is 2. The molecule has 1 aromatic rings. The lowest BCUT2D eigenvalue weighted by molar-refractivity contribution is 0.0695. The van der Waals surface area contributed by atoms with E-state index in [0.29, 0.717) is 6.54 Å². The summed E-state index contributed by atoms with van der Waals surface area (Å²) in [6, 6.07) is 0. The summed E-state index contributed by atoms with van der Waals surface area (Å²) in [4.78, 5) is 10.9. The van der Waals surface area contributed by atoms with Crippen molar-refractivity contribution in [3.63, 3.8) is 0 Å². The average Bonchev–Trinajstić information content (AvgIpc) is 2.76. The summed E-state index contributed by atoms with van der Waals surface area (Å²) in [6.07, 6.45) is 3.72. The molecular formula is C10H15N3O2. The number of aromatic nitrogens is 2. The lowest BCUT2D eigenvalue weighted by atomic mass is 10.2. The first-order chi connectivity index (χ1) is 7.02. The van der Waals surface area contributed by atoms with Crippen LogP contribution in [0.25, 0.3) is 0 Å². The average molecular weight is 209 g/mol. The van der Waals surface area contributed by atoms with Gasteiger partial charge in [0, 0.05) is 19.1 Å². The third-order valence-electron chi connectivity index (χ3n) is 2.97. The molecule has 0 bridgehead atoms. The van der Waals surface area contributed by atoms with E-state index in [0.717, 1.165) is 18.5 Å². The van der Waals surface area contributed by atoms with E-state index in [9.17, 15) is 4.79 Å². The highest BCUT2D eigenvalue weighted by Gasteiger charge is 2.36. The van der Waals surface area contributed by atoms with Crippen LogP contribution in [0.5, 0.6) is 0 Å². The smallest absolute Gasteiger partial charge is 0.339 e. The Kier molecular flexibility index (Phi) is 2.26. The van der Waals surface area contributed by atoms with Crippen LogP contribution >= 0.6 is 0 Å². The van der Waals surface area contributed by atoms with Gasteiger partial charge >= 0.3 is 5.97 Å². The van der Waals surface area contributed by atoms with Gasteiger partial charge in [0.25, 0.3) is 0 Å². The molecule has 1 aromatic heterocycles. The first-order valence-corrected chi connectivity index (χ1v) is 5.01. The number of carbonyl (C=O) groups is 1. The number of nitrogens with zero attached hydrogens (tertiary/aromatic N) is 2. The maximum Gasteiger partial charge on any atom is 0.339 e. The first-order valence-electron chi connectivity index (χ1n) is 5.01. The molecule has 1 heterocycles. The van der Waals surface area contributed by atoms with E-state index in [1.165, 1.54) is 6.20 Å². The third-order valence-corrected chi connectivity index (χ3v) is 2.97. The van der Waals surface area contributed by atoms with Crippen molar-refractivity contribution in [2.24, 2.45) is 7.05 Å². The lowest BCUT2D eigenvalue weighted by Gasteiger charge is -2.11. The Balaban J connectivity index is 2.11. The second-order valence-electron chi connectivity index (χ2n) is 4.35. The molecule has 0 saturated heterocycles. The van der Waals surface area contributed by atoms with Crippen molar-refractivity contribution < 1.29 is 9.90 Å². The Morgan fingerprint density at radius 2 is 2.40 bits per heavy atom. The molecule has 0 aliphatic heterocycles. The van der Waals surface area contributed by atoms with Crippen molar-refractivity contribution >= 4 is 5.97 Å². The van der Waals surface area contributed by atoms with Crippen LogP contribution in [-0.2, 0) is 13.6 Å². The van der Waals surface area contributed by atoms with Gasteiger partial charge in [-0.1, -0.05) is 0 Å². The zero-order valence-electron chi connectivity index (χ0n) is 8.95. The maximum atomic E-state index is 10.9. The van der Waals surface area contributed by atoms with Crippen LogP contribution < -0.4 is 5.32 Å². The van der Waals surface area contributed by atoms with Gasteiger partial charge < -0.3 is 10.4 Å². The standard InChI is InChI=1S/C10H15N3O2/c1-10(3-4-10)11-6-8-7(9(14)15)5-12-13(8)2/h5,11H,3-4,6H2,1-2H3,(H,14,15). The van der Waals surface area contributed by atoms with Crippen molar-refractivity contribution in [2.75, 3.05) is 0 Å². The minimum Gasteiger partial charge on any atom is -0.478 e. The van der Waals surface area contributed by atoms with Crippen molar-refractivity contribution in [1.82, 2.24) is 15.1 Å². The molecule has 0 spiro atoms. The lowest BCUT2D eigenvalue weighted by Crippen LogP contribution is -2.28. The molecule has 1 fully saturated rings. The SMILES string of the molecule is Cn1ncc(C(=O)O)c1CNC1(C)CC1. The second kappa shape index (κ2) is 3.34. The zero-order chi connectivity index (χ0) is 11.1. The first kappa shape index (κ1) is 10.2. The van der Waals surface area contributed by atoms with Gasteiger partial charge in [-0.2, -0.15) is 5.10 Å². The highest BCUT2D eigenvalue weighted by atomic mass is 16.4. The van der Waals surface area contributed by atoms with Gasteiger partial charge in [-0.15, -0.1) is 0 Å². The van der Waals surface area contributed by atoms with E-state index in [1.54, 1.807) is 11.7 Å². The molecule has 82 valence electrons. The van der Waals surface area contributed by atoms with Crippen LogP contribution in [0.1, 0.15) is 35.8 Å². The Bertz CT molecular complexity index is 393. The van der Waals surface area contributed by atoms with Gasteiger partial charge in [0.2, 0.25) is 0 Å². The monoisotopic (exact) mass is 209 g/mol. The van der Waals surface area contributed by atoms with Crippen molar-refractivity contribution in [1.29, 1.82) is 0 Å². The third kappa shape index (κ3) is 2.02. The number of rotatable bonds is 4. The Morgan fingerprint density at radius 1 is 1.73 bits per heavy atom. The van der Waals surface area contributed by atoms with Gasteiger partial charge in [0.05, 0.1) is 11.9 Å². The van der Waals surface area contributed by atoms with Gasteiger partial charge in [-0.05, 0) is 19.8 Å². The van der Waals surface area contributed by atoms with E-state index in [1.807, 2.05) is 0 Å². The molecular weight excluding hydrogens is 194 g/mol. The van der Waals surface area contributed by atoms with Gasteiger partial charge in [-0.3, -0.25) is 4.68 Å². The largest absolute Gasteiger partial charge is 0.478 e. The zero-order valence-corrected chi connectivity index (χ0v) is 8.95. The molecule has 0 atom stereocenters. The highest BCUT2D eigenvalue weighted by molar-refractivity contribution is 5.88. The summed E-state index contributed by atoms with van der Waals surface area (Å²) in [5.41, 5.74) is 1.23. The van der Waals surface area contributed by atoms with E-state index in [2.05, 4.69) is 17.3 Å². The molecule has 15 heavy (non-hydrogen) atoms. The molecule has 1 saturated carbocycles. The fourth-order valence-corrected chi connectivity index (χ4v) is 1.51. The normalized spacial score (nSPS) is 17.7. The second-order valence-corrected chi connectivity index (χ2v) is 4.35. The predicted octanol–water partition coefficient (Wildman–Crippen LogP) is 0.760. The molecule has 5 nitrogen and oxygen atoms in total. The minimum absolute atomic E-state index is 0.208. The number of carboxylic acids is 1. The van der Waals surface area contributed by atoms with E-state index >= 15 is 0 Å².